The van der Waals surface area contributed by atoms with Crippen molar-refractivity contribution in [3.63, 3.8) is 0 Å². The standard InChI is InChI=1S/C15H21NO4/c1-4-19-13-8-6-12(7-9-13)10-14(16-11(3)17)15(18)20-5-2/h6-9,14H,4-5,10H2,1-3H3,(H,16,17). The topological polar surface area (TPSA) is 64.6 Å². The number of hydrogen-bond acceptors (Lipinski definition) is 4. The van der Waals surface area contributed by atoms with E-state index in [1.807, 2.05) is 31.2 Å². The lowest BCUT2D eigenvalue weighted by molar-refractivity contribution is -0.147. The number of ether oxygens (including phenoxy) is 2. The van der Waals surface area contributed by atoms with Crippen molar-refractivity contribution in [1.82, 2.24) is 5.32 Å². The second kappa shape index (κ2) is 8.19. The second-order valence-corrected chi connectivity index (χ2v) is 4.29. The second-order valence-electron chi connectivity index (χ2n) is 4.29. The molecular weight excluding hydrogens is 258 g/mol. The van der Waals surface area contributed by atoms with Gasteiger partial charge >= 0.3 is 5.97 Å². The van der Waals surface area contributed by atoms with Crippen molar-refractivity contribution in [2.45, 2.75) is 33.2 Å². The van der Waals surface area contributed by atoms with Gasteiger partial charge in [0.05, 0.1) is 13.2 Å². The number of esters is 1. The number of hydrogen-bond donors (Lipinski definition) is 1. The molecular formula is C15H21NO4. The Bertz CT molecular complexity index is 442. The Labute approximate surface area is 119 Å². The molecule has 1 unspecified atom stereocenters. The molecule has 1 atom stereocenters. The predicted molar refractivity (Wildman–Crippen MR) is 75.6 cm³/mol. The summed E-state index contributed by atoms with van der Waals surface area (Å²) in [5.74, 6) is 0.106. The van der Waals surface area contributed by atoms with Crippen LogP contribution >= 0.6 is 0 Å². The Morgan fingerprint density at radius 3 is 2.30 bits per heavy atom. The van der Waals surface area contributed by atoms with E-state index in [0.29, 0.717) is 13.0 Å². The van der Waals surface area contributed by atoms with Crippen LogP contribution in [0.5, 0.6) is 5.75 Å². The van der Waals surface area contributed by atoms with Gasteiger partial charge in [0, 0.05) is 13.3 Å². The van der Waals surface area contributed by atoms with E-state index in [2.05, 4.69) is 5.32 Å². The van der Waals surface area contributed by atoms with Crippen molar-refractivity contribution >= 4 is 11.9 Å². The SMILES string of the molecule is CCOC(=O)C(Cc1ccc(OCC)cc1)NC(C)=O. The Balaban J connectivity index is 2.72. The molecule has 1 amide bonds. The highest BCUT2D eigenvalue weighted by molar-refractivity contribution is 5.83. The molecule has 0 spiro atoms. The van der Waals surface area contributed by atoms with E-state index in [1.54, 1.807) is 6.92 Å². The van der Waals surface area contributed by atoms with Gasteiger partial charge in [0.2, 0.25) is 5.91 Å². The fraction of sp³-hybridized carbons (Fsp3) is 0.467. The zero-order valence-corrected chi connectivity index (χ0v) is 12.1. The van der Waals surface area contributed by atoms with Gasteiger partial charge in [-0.05, 0) is 31.5 Å². The summed E-state index contributed by atoms with van der Waals surface area (Å²) in [5.41, 5.74) is 0.931. The zero-order chi connectivity index (χ0) is 15.0. The Hall–Kier alpha value is -2.04. The van der Waals surface area contributed by atoms with Crippen molar-refractivity contribution in [2.75, 3.05) is 13.2 Å². The Morgan fingerprint density at radius 2 is 1.80 bits per heavy atom. The van der Waals surface area contributed by atoms with Crippen LogP contribution in [-0.2, 0) is 20.7 Å². The van der Waals surface area contributed by atoms with Crippen molar-refractivity contribution in [1.29, 1.82) is 0 Å². The van der Waals surface area contributed by atoms with Gasteiger partial charge < -0.3 is 14.8 Å². The van der Waals surface area contributed by atoms with Crippen molar-refractivity contribution in [3.05, 3.63) is 29.8 Å². The van der Waals surface area contributed by atoms with Crippen LogP contribution in [0.1, 0.15) is 26.3 Å². The third-order valence-corrected chi connectivity index (χ3v) is 2.62. The first-order valence-electron chi connectivity index (χ1n) is 6.72. The third kappa shape index (κ3) is 5.30. The molecule has 1 aromatic rings. The van der Waals surface area contributed by atoms with Crippen LogP contribution in [0.25, 0.3) is 0 Å². The molecule has 0 aromatic heterocycles. The molecule has 0 fully saturated rings. The maximum absolute atomic E-state index is 11.8. The molecule has 5 heteroatoms. The van der Waals surface area contributed by atoms with Gasteiger partial charge in [-0.15, -0.1) is 0 Å². The average Bonchev–Trinajstić information content (AvgIpc) is 2.40. The first-order chi connectivity index (χ1) is 9.56. The molecule has 0 heterocycles. The van der Waals surface area contributed by atoms with Crippen LogP contribution in [0.3, 0.4) is 0 Å². The van der Waals surface area contributed by atoms with Crippen LogP contribution in [0.2, 0.25) is 0 Å². The van der Waals surface area contributed by atoms with E-state index in [9.17, 15) is 9.59 Å². The number of rotatable bonds is 7. The fourth-order valence-corrected chi connectivity index (χ4v) is 1.81. The van der Waals surface area contributed by atoms with E-state index in [1.165, 1.54) is 6.92 Å². The lowest BCUT2D eigenvalue weighted by atomic mass is 10.1. The van der Waals surface area contributed by atoms with E-state index in [0.717, 1.165) is 11.3 Å². The fourth-order valence-electron chi connectivity index (χ4n) is 1.81. The minimum atomic E-state index is -0.662. The van der Waals surface area contributed by atoms with Gasteiger partial charge in [0.1, 0.15) is 11.8 Å². The normalized spacial score (nSPS) is 11.6. The molecule has 1 aromatic carbocycles. The van der Waals surface area contributed by atoms with Crippen LogP contribution in [0, 0.1) is 0 Å². The summed E-state index contributed by atoms with van der Waals surface area (Å²) in [6, 6.07) is 6.77. The number of amides is 1. The van der Waals surface area contributed by atoms with Crippen molar-refractivity contribution in [2.24, 2.45) is 0 Å². The van der Waals surface area contributed by atoms with Gasteiger partial charge in [-0.3, -0.25) is 4.79 Å². The van der Waals surface area contributed by atoms with Gasteiger partial charge in [-0.2, -0.15) is 0 Å². The maximum atomic E-state index is 11.8. The largest absolute Gasteiger partial charge is 0.494 e. The molecule has 0 saturated heterocycles. The zero-order valence-electron chi connectivity index (χ0n) is 12.1. The minimum absolute atomic E-state index is 0.256. The highest BCUT2D eigenvalue weighted by Gasteiger charge is 2.21. The molecule has 0 radical (unpaired) electrons. The molecule has 1 N–H and O–H groups in total. The summed E-state index contributed by atoms with van der Waals surface area (Å²) in [7, 11) is 0. The minimum Gasteiger partial charge on any atom is -0.494 e. The number of nitrogens with one attached hydrogen (secondary N) is 1. The van der Waals surface area contributed by atoms with Crippen LogP contribution in [0.15, 0.2) is 24.3 Å². The van der Waals surface area contributed by atoms with Crippen LogP contribution in [0.4, 0.5) is 0 Å². The van der Waals surface area contributed by atoms with E-state index in [-0.39, 0.29) is 12.5 Å². The van der Waals surface area contributed by atoms with Gasteiger partial charge in [0.15, 0.2) is 0 Å². The molecule has 20 heavy (non-hydrogen) atoms. The van der Waals surface area contributed by atoms with Crippen LogP contribution < -0.4 is 10.1 Å². The van der Waals surface area contributed by atoms with Gasteiger partial charge in [-0.25, -0.2) is 4.79 Å². The van der Waals surface area contributed by atoms with Gasteiger partial charge in [-0.1, -0.05) is 12.1 Å². The molecule has 0 aliphatic heterocycles. The Kier molecular flexibility index (Phi) is 6.56. The molecule has 0 bridgehead atoms. The summed E-state index contributed by atoms with van der Waals surface area (Å²) in [4.78, 5) is 22.9. The van der Waals surface area contributed by atoms with Gasteiger partial charge in [0.25, 0.3) is 0 Å². The molecule has 0 aliphatic carbocycles. The molecule has 0 aliphatic rings. The summed E-state index contributed by atoms with van der Waals surface area (Å²) in [5, 5.41) is 2.61. The first-order valence-corrected chi connectivity index (χ1v) is 6.72. The number of carbonyl (C=O) groups excluding carboxylic acids is 2. The molecule has 5 nitrogen and oxygen atoms in total. The number of carbonyl (C=O) groups is 2. The van der Waals surface area contributed by atoms with E-state index >= 15 is 0 Å². The van der Waals surface area contributed by atoms with Crippen LogP contribution in [-0.4, -0.2) is 31.1 Å². The maximum Gasteiger partial charge on any atom is 0.328 e. The summed E-state index contributed by atoms with van der Waals surface area (Å²) < 4.78 is 10.3. The summed E-state index contributed by atoms with van der Waals surface area (Å²) >= 11 is 0. The highest BCUT2D eigenvalue weighted by Crippen LogP contribution is 2.13. The molecule has 110 valence electrons. The quantitative estimate of drug-likeness (QED) is 0.771. The highest BCUT2D eigenvalue weighted by atomic mass is 16.5. The van der Waals surface area contributed by atoms with E-state index in [4.69, 9.17) is 9.47 Å². The first kappa shape index (κ1) is 16.0. The van der Waals surface area contributed by atoms with E-state index < -0.39 is 12.0 Å². The lowest BCUT2D eigenvalue weighted by Gasteiger charge is -2.16. The summed E-state index contributed by atoms with van der Waals surface area (Å²) in [6.45, 7) is 5.93. The molecule has 0 saturated carbocycles. The number of benzene rings is 1. The smallest absolute Gasteiger partial charge is 0.328 e. The monoisotopic (exact) mass is 279 g/mol. The Morgan fingerprint density at radius 1 is 1.15 bits per heavy atom. The third-order valence-electron chi connectivity index (χ3n) is 2.62. The van der Waals surface area contributed by atoms with Crippen molar-refractivity contribution in [3.8, 4) is 5.75 Å². The van der Waals surface area contributed by atoms with Crippen molar-refractivity contribution < 1.29 is 19.1 Å². The lowest BCUT2D eigenvalue weighted by Crippen LogP contribution is -2.42. The molecule has 1 rings (SSSR count). The predicted octanol–water partition coefficient (Wildman–Crippen LogP) is 1.70. The summed E-state index contributed by atoms with van der Waals surface area (Å²) in [6.07, 6.45) is 0.394. The average molecular weight is 279 g/mol.